The smallest absolute Gasteiger partial charge is 0.0619 e. The van der Waals surface area contributed by atoms with Gasteiger partial charge in [-0.3, -0.25) is 0 Å². The summed E-state index contributed by atoms with van der Waals surface area (Å²) in [5, 5.41) is 12.3. The van der Waals surface area contributed by atoms with E-state index in [4.69, 9.17) is 0 Å². The van der Waals surface area contributed by atoms with E-state index in [-0.39, 0.29) is 5.41 Å². The fourth-order valence-electron chi connectivity index (χ4n) is 12.8. The van der Waals surface area contributed by atoms with Crippen LogP contribution in [-0.2, 0) is 5.41 Å². The Kier molecular flexibility index (Phi) is 9.04. The molecule has 2 heterocycles. The Morgan fingerprint density at radius 1 is 0.274 bits per heavy atom. The molecule has 0 radical (unpaired) electrons. The lowest BCUT2D eigenvalue weighted by Gasteiger charge is -2.23. The molecular weight excluding hydrogens is 881 g/mol. The summed E-state index contributed by atoms with van der Waals surface area (Å²) in [4.78, 5) is 0. The zero-order valence-corrected chi connectivity index (χ0v) is 40.6. The Morgan fingerprint density at radius 2 is 0.562 bits per heavy atom. The number of fused-ring (bicyclic) bond motifs is 9. The summed E-state index contributed by atoms with van der Waals surface area (Å²) in [5.41, 5.74) is 19.3. The van der Waals surface area contributed by atoms with Crippen molar-refractivity contribution in [1.29, 1.82) is 0 Å². The molecule has 0 fully saturated rings. The summed E-state index contributed by atoms with van der Waals surface area (Å²) in [7, 11) is 0. The van der Waals surface area contributed by atoms with Crippen LogP contribution in [-0.4, -0.2) is 9.13 Å². The fraction of sp³-hybridized carbons (Fsp3) is 0.0423. The van der Waals surface area contributed by atoms with Crippen molar-refractivity contribution in [3.05, 3.63) is 266 Å². The average Bonchev–Trinajstić information content (AvgIpc) is 4.03. The fourth-order valence-corrected chi connectivity index (χ4v) is 12.8. The van der Waals surface area contributed by atoms with Gasteiger partial charge in [-0.15, -0.1) is 0 Å². The molecular formula is C71H48N2. The van der Waals surface area contributed by atoms with Gasteiger partial charge in [0.1, 0.15) is 0 Å². The van der Waals surface area contributed by atoms with Crippen molar-refractivity contribution in [2.45, 2.75) is 19.3 Å². The lowest BCUT2D eigenvalue weighted by molar-refractivity contribution is 0.661. The van der Waals surface area contributed by atoms with Crippen LogP contribution in [0.2, 0.25) is 0 Å². The van der Waals surface area contributed by atoms with Crippen LogP contribution in [0.1, 0.15) is 25.0 Å². The van der Waals surface area contributed by atoms with Gasteiger partial charge in [0.2, 0.25) is 0 Å². The van der Waals surface area contributed by atoms with Crippen molar-refractivity contribution >= 4 is 64.9 Å². The molecule has 0 saturated carbocycles. The lowest BCUT2D eigenvalue weighted by Crippen LogP contribution is -2.15. The largest absolute Gasteiger partial charge is 0.307 e. The summed E-state index contributed by atoms with van der Waals surface area (Å²) in [6, 6.07) is 94.9. The van der Waals surface area contributed by atoms with Gasteiger partial charge in [0.15, 0.2) is 0 Å². The van der Waals surface area contributed by atoms with E-state index in [1.807, 2.05) is 0 Å². The summed E-state index contributed by atoms with van der Waals surface area (Å²) < 4.78 is 5.24. The van der Waals surface area contributed by atoms with E-state index < -0.39 is 0 Å². The predicted molar refractivity (Wildman–Crippen MR) is 309 cm³/mol. The normalized spacial score (nSPS) is 12.9. The second-order valence-electron chi connectivity index (χ2n) is 20.4. The number of rotatable bonds is 6. The molecule has 12 aromatic carbocycles. The van der Waals surface area contributed by atoms with Crippen molar-refractivity contribution in [1.82, 2.24) is 9.13 Å². The van der Waals surface area contributed by atoms with Crippen molar-refractivity contribution in [2.24, 2.45) is 0 Å². The van der Waals surface area contributed by atoms with Crippen molar-refractivity contribution < 1.29 is 0 Å². The molecule has 0 aliphatic heterocycles. The quantitative estimate of drug-likeness (QED) is 0.147. The van der Waals surface area contributed by atoms with Crippen LogP contribution >= 0.6 is 0 Å². The highest BCUT2D eigenvalue weighted by molar-refractivity contribution is 6.17. The topological polar surface area (TPSA) is 9.86 Å². The Hall–Kier alpha value is -9.24. The van der Waals surface area contributed by atoms with Crippen LogP contribution in [0, 0.1) is 0 Å². The molecule has 0 atom stereocenters. The van der Waals surface area contributed by atoms with E-state index in [1.165, 1.54) is 143 Å². The second-order valence-corrected chi connectivity index (χ2v) is 20.4. The highest BCUT2D eigenvalue weighted by Crippen LogP contribution is 2.56. The van der Waals surface area contributed by atoms with E-state index in [0.717, 1.165) is 0 Å². The van der Waals surface area contributed by atoms with Crippen LogP contribution in [0.4, 0.5) is 0 Å². The van der Waals surface area contributed by atoms with Gasteiger partial charge in [0, 0.05) is 48.9 Å². The minimum absolute atomic E-state index is 0.363. The Balaban J connectivity index is 1.11. The molecule has 2 aromatic heterocycles. The first-order valence-corrected chi connectivity index (χ1v) is 25.5. The second kappa shape index (κ2) is 15.9. The molecule has 2 nitrogen and oxygen atoms in total. The minimum atomic E-state index is -0.363. The van der Waals surface area contributed by atoms with Crippen LogP contribution < -0.4 is 0 Å². The van der Waals surface area contributed by atoms with Crippen LogP contribution in [0.25, 0.3) is 132 Å². The monoisotopic (exact) mass is 928 g/mol. The number of hydrogen-bond acceptors (Lipinski definition) is 0. The Morgan fingerprint density at radius 3 is 0.890 bits per heavy atom. The Labute approximate surface area is 424 Å². The third kappa shape index (κ3) is 6.11. The molecule has 15 rings (SSSR count). The number of nitrogens with zero attached hydrogens (tertiary/aromatic N) is 2. The van der Waals surface area contributed by atoms with Crippen LogP contribution in [0.3, 0.4) is 0 Å². The molecule has 14 aromatic rings. The standard InChI is InChI=1S/C71H48N2/c1-71(2)61-43-63-59(65(45-23-7-3-8-24-45)67(47-27-11-5-12-28-47)72(63)69-53-35-19-15-31-49(53)39-50-32-16-20-36-54(50)69)41-57(61)58-42-60-64(44-62(58)71)73(68(48-29-13-6-14-30-48)66(60)46-25-9-4-10-26-46)70-55-37-21-17-33-51(55)40-52-34-18-22-38-56(52)70/h3-44H,1-2H3. The summed E-state index contributed by atoms with van der Waals surface area (Å²) in [6.45, 7) is 4.89. The molecule has 0 N–H and O–H groups in total. The highest BCUT2D eigenvalue weighted by Gasteiger charge is 2.39. The van der Waals surface area contributed by atoms with Crippen LogP contribution in [0.5, 0.6) is 0 Å². The highest BCUT2D eigenvalue weighted by atomic mass is 15.0. The van der Waals surface area contributed by atoms with E-state index in [1.54, 1.807) is 0 Å². The predicted octanol–water partition coefficient (Wildman–Crippen LogP) is 19.2. The average molecular weight is 929 g/mol. The molecule has 0 unspecified atom stereocenters. The van der Waals surface area contributed by atoms with Gasteiger partial charge < -0.3 is 9.13 Å². The zero-order valence-electron chi connectivity index (χ0n) is 40.6. The third-order valence-corrected chi connectivity index (χ3v) is 16.0. The molecule has 0 saturated heterocycles. The molecule has 0 bridgehead atoms. The molecule has 1 aliphatic rings. The number of aromatic nitrogens is 2. The molecule has 0 spiro atoms. The maximum Gasteiger partial charge on any atom is 0.0619 e. The van der Waals surface area contributed by atoms with Crippen molar-refractivity contribution in [3.8, 4) is 67.3 Å². The summed E-state index contributed by atoms with van der Waals surface area (Å²) in [5.74, 6) is 0. The third-order valence-electron chi connectivity index (χ3n) is 16.0. The number of benzene rings is 12. The first-order chi connectivity index (χ1) is 36.0. The molecule has 0 amide bonds. The summed E-state index contributed by atoms with van der Waals surface area (Å²) >= 11 is 0. The van der Waals surface area contributed by atoms with E-state index in [2.05, 4.69) is 278 Å². The van der Waals surface area contributed by atoms with Gasteiger partial charge in [-0.2, -0.15) is 0 Å². The SMILES string of the molecule is CC1(C)c2cc3c(cc2-c2cc4c(-c5ccccc5)c(-c5ccccc5)n(-c5c6ccccc6cc6ccccc56)c4cc21)c(-c1ccccc1)c(-c1ccccc1)n3-c1c2ccccc2cc2ccccc12. The molecule has 1 aliphatic carbocycles. The van der Waals surface area contributed by atoms with E-state index >= 15 is 0 Å². The molecule has 73 heavy (non-hydrogen) atoms. The first-order valence-electron chi connectivity index (χ1n) is 25.5. The van der Waals surface area contributed by atoms with Gasteiger partial charge in [-0.05, 0) is 102 Å². The Bertz CT molecular complexity index is 4140. The van der Waals surface area contributed by atoms with Gasteiger partial charge >= 0.3 is 0 Å². The van der Waals surface area contributed by atoms with Crippen molar-refractivity contribution in [3.63, 3.8) is 0 Å². The van der Waals surface area contributed by atoms with Gasteiger partial charge in [0.05, 0.1) is 33.8 Å². The van der Waals surface area contributed by atoms with Gasteiger partial charge in [-0.1, -0.05) is 232 Å². The lowest BCUT2D eigenvalue weighted by atomic mass is 9.82. The maximum absolute atomic E-state index is 2.62. The van der Waals surface area contributed by atoms with E-state index in [0.29, 0.717) is 0 Å². The maximum atomic E-state index is 2.62. The van der Waals surface area contributed by atoms with Gasteiger partial charge in [0.25, 0.3) is 0 Å². The number of hydrogen-bond donors (Lipinski definition) is 0. The molecule has 2 heteroatoms. The zero-order chi connectivity index (χ0) is 48.4. The van der Waals surface area contributed by atoms with Crippen molar-refractivity contribution in [2.75, 3.05) is 0 Å². The first kappa shape index (κ1) is 41.5. The van der Waals surface area contributed by atoms with Crippen LogP contribution in [0.15, 0.2) is 255 Å². The minimum Gasteiger partial charge on any atom is -0.307 e. The molecule has 342 valence electrons. The van der Waals surface area contributed by atoms with E-state index in [9.17, 15) is 0 Å². The van der Waals surface area contributed by atoms with Gasteiger partial charge in [-0.25, -0.2) is 0 Å². The summed E-state index contributed by atoms with van der Waals surface area (Å²) in [6.07, 6.45) is 0.